The number of rotatable bonds is 24. The van der Waals surface area contributed by atoms with Crippen LogP contribution >= 0.6 is 11.6 Å². The van der Waals surface area contributed by atoms with E-state index in [0.717, 1.165) is 111 Å². The molecule has 3 aliphatic heterocycles. The number of terminal acetylenes is 3. The van der Waals surface area contributed by atoms with Crippen LogP contribution in [0.25, 0.3) is 0 Å². The second-order valence-electron chi connectivity index (χ2n) is 19.2. The summed E-state index contributed by atoms with van der Waals surface area (Å²) in [7, 11) is 0. The van der Waals surface area contributed by atoms with Gasteiger partial charge in [0.2, 0.25) is 17.7 Å². The Bertz CT molecular complexity index is 1760. The molecule has 3 fully saturated rings. The molecule has 0 aromatic heterocycles. The fourth-order valence-electron chi connectivity index (χ4n) is 6.74. The van der Waals surface area contributed by atoms with Crippen molar-refractivity contribution in [3.8, 4) is 37.0 Å². The topological polar surface area (TPSA) is 276 Å². The number of hydrogen-bond acceptors (Lipinski definition) is 18. The van der Waals surface area contributed by atoms with E-state index in [9.17, 15) is 28.8 Å². The minimum Gasteiger partial charge on any atom is -0.396 e. The third-order valence-corrected chi connectivity index (χ3v) is 10.9. The number of aliphatic hydroxyl groups is 3. The highest BCUT2D eigenvalue weighted by molar-refractivity contribution is 6.27. The van der Waals surface area contributed by atoms with E-state index in [1.807, 2.05) is 25.7 Å². The van der Waals surface area contributed by atoms with Gasteiger partial charge in [0, 0.05) is 114 Å². The van der Waals surface area contributed by atoms with E-state index in [1.54, 1.807) is 20.8 Å². The number of aliphatic hydroxyl groups excluding tert-OH is 3. The minimum absolute atomic E-state index is 0. The van der Waals surface area contributed by atoms with Gasteiger partial charge < -0.3 is 45.1 Å². The highest BCUT2D eigenvalue weighted by Gasteiger charge is 2.25. The average Bonchev–Trinajstić information content (AvgIpc) is 3.37. The molecule has 0 aromatic rings. The van der Waals surface area contributed by atoms with Crippen molar-refractivity contribution in [3.63, 3.8) is 0 Å². The molecule has 0 radical (unpaired) electrons. The summed E-state index contributed by atoms with van der Waals surface area (Å²) in [4.78, 5) is 95.5. The van der Waals surface area contributed by atoms with E-state index in [0.29, 0.717) is 6.61 Å². The highest BCUT2D eigenvalue weighted by Crippen LogP contribution is 2.07. The SMILES string of the molecule is C.C#CCN(CC(=O)NO)C(=O)CN1CCN(CCCO)CC1.C#CCN(CC(=O)NOC(C)(C)C)C(=O)CCl.C#CCN(CC(=O)NOC(C)(C)C)C(=O)CN1CCN(CCCO)CC1.OCCN1CCNCC1.[HH].[HH]. The zero-order valence-corrected chi connectivity index (χ0v) is 45.5. The van der Waals surface area contributed by atoms with E-state index >= 15 is 0 Å². The molecule has 3 heterocycles. The number of β-amino-alcohol motifs (C(OH)–C–C–N with tert-alkyl or cyclic N) is 1. The van der Waals surface area contributed by atoms with Crippen molar-refractivity contribution < 1.29 is 61.8 Å². The third-order valence-electron chi connectivity index (χ3n) is 10.6. The Hall–Kier alpha value is -4.69. The van der Waals surface area contributed by atoms with E-state index in [1.165, 1.54) is 20.2 Å². The zero-order chi connectivity index (χ0) is 56.0. The van der Waals surface area contributed by atoms with Crippen LogP contribution in [0.15, 0.2) is 0 Å². The van der Waals surface area contributed by atoms with Gasteiger partial charge in [-0.25, -0.2) is 16.4 Å². The first-order valence-corrected chi connectivity index (χ1v) is 25.3. The Morgan fingerprint density at radius 1 is 0.560 bits per heavy atom. The number of nitrogens with one attached hydrogen (secondary N) is 4. The second-order valence-corrected chi connectivity index (χ2v) is 19.5. The molecular weight excluding hydrogens is 996 g/mol. The maximum absolute atomic E-state index is 12.5. The molecule has 0 aliphatic carbocycles. The molecule has 0 spiro atoms. The standard InChI is InChI=1S/C18H32N4O4.C14H24N4O4.C11H17ClN2O3.C6H14N2O.CH4.2H2/c1-5-7-22(14-16(24)19-26-18(2,3)4)17(25)15-21-11-9-20(10-12-21)8-6-13-23;1-2-4-18(11-13(20)15-22)14(21)12-17-8-6-16(7-9-17)5-3-10-19;1-5-6-14(10(16)7-12)8-9(15)13-17-11(2,3)4;9-6-5-8-3-1-7-2-4-8;;;/h1,23H,6-15H2,2-4H3,(H,19,24);1,19,22H,3-12H2,(H,15,20);1H,6-8H2,2-4H3,(H,13,15);7,9H,1-6H2;1H4;2*1H. The summed E-state index contributed by atoms with van der Waals surface area (Å²) >= 11 is 5.39. The first-order valence-electron chi connectivity index (χ1n) is 24.8. The van der Waals surface area contributed by atoms with Crippen molar-refractivity contribution in [2.45, 2.75) is 73.0 Å². The average molecular weight is 1090 g/mol. The van der Waals surface area contributed by atoms with Gasteiger partial charge in [-0.2, -0.15) is 0 Å². The van der Waals surface area contributed by atoms with Gasteiger partial charge >= 0.3 is 0 Å². The van der Waals surface area contributed by atoms with Crippen LogP contribution in [0, 0.1) is 37.0 Å². The number of nitrogens with zero attached hydrogens (tertiary/aromatic N) is 8. The van der Waals surface area contributed by atoms with Crippen molar-refractivity contribution in [2.24, 2.45) is 0 Å². The Kier molecular flexibility index (Phi) is 40.9. The molecule has 8 N–H and O–H groups in total. The molecule has 24 nitrogen and oxygen atoms in total. The quantitative estimate of drug-likeness (QED) is 0.0220. The van der Waals surface area contributed by atoms with Gasteiger partial charge in [-0.15, -0.1) is 30.9 Å². The van der Waals surface area contributed by atoms with E-state index in [4.69, 9.17) is 61.1 Å². The van der Waals surface area contributed by atoms with Crippen LogP contribution in [0.1, 0.15) is 64.7 Å². The minimum atomic E-state index is -0.669. The van der Waals surface area contributed by atoms with Gasteiger partial charge in [0.05, 0.1) is 50.5 Å². The van der Waals surface area contributed by atoms with Gasteiger partial charge in [-0.05, 0) is 54.4 Å². The summed E-state index contributed by atoms with van der Waals surface area (Å²) in [6.45, 7) is 24.9. The summed E-state index contributed by atoms with van der Waals surface area (Å²) in [5.41, 5.74) is 5.09. The number of carbonyl (C=O) groups excluding carboxylic acids is 6. The van der Waals surface area contributed by atoms with Gasteiger partial charge in [-0.3, -0.25) is 58.3 Å². The molecule has 6 amide bonds. The Morgan fingerprint density at radius 3 is 1.20 bits per heavy atom. The number of piperazine rings is 3. The molecule has 25 heteroatoms. The smallest absolute Gasteiger partial charge is 0.263 e. The molecule has 0 aromatic carbocycles. The Labute approximate surface area is 454 Å². The second kappa shape index (κ2) is 42.4. The lowest BCUT2D eigenvalue weighted by Crippen LogP contribution is -2.51. The van der Waals surface area contributed by atoms with Crippen molar-refractivity contribution in [1.29, 1.82) is 0 Å². The number of amides is 6. The summed E-state index contributed by atoms with van der Waals surface area (Å²) < 4.78 is 0. The fourth-order valence-corrected chi connectivity index (χ4v) is 6.91. The highest BCUT2D eigenvalue weighted by atomic mass is 35.5. The summed E-state index contributed by atoms with van der Waals surface area (Å²) in [6.07, 6.45) is 17.2. The predicted octanol–water partition coefficient (Wildman–Crippen LogP) is -2.21. The van der Waals surface area contributed by atoms with Gasteiger partial charge in [0.15, 0.2) is 0 Å². The van der Waals surface area contributed by atoms with Crippen LogP contribution < -0.4 is 21.8 Å². The predicted molar refractivity (Wildman–Crippen MR) is 291 cm³/mol. The lowest BCUT2D eigenvalue weighted by molar-refractivity contribution is -0.150. The van der Waals surface area contributed by atoms with Crippen LogP contribution in [0.2, 0.25) is 0 Å². The van der Waals surface area contributed by atoms with E-state index in [-0.39, 0.29) is 93.5 Å². The molecule has 3 saturated heterocycles. The summed E-state index contributed by atoms with van der Waals surface area (Å²) in [5, 5.41) is 38.0. The lowest BCUT2D eigenvalue weighted by atomic mass is 10.2. The molecule has 0 unspecified atom stereocenters. The number of hydroxylamine groups is 3. The first-order chi connectivity index (χ1) is 35.1. The van der Waals surface area contributed by atoms with Gasteiger partial charge in [-0.1, -0.05) is 25.2 Å². The molecule has 3 rings (SSSR count). The number of hydrogen-bond donors (Lipinski definition) is 8. The first kappa shape index (κ1) is 72.4. The van der Waals surface area contributed by atoms with E-state index in [2.05, 4.69) is 53.6 Å². The molecular formula is C50H95ClN12O12. The fraction of sp³-hybridized carbons (Fsp3) is 0.760. The van der Waals surface area contributed by atoms with Crippen LogP contribution in [0.3, 0.4) is 0 Å². The molecule has 434 valence electrons. The van der Waals surface area contributed by atoms with Crippen LogP contribution in [-0.4, -0.2) is 283 Å². The van der Waals surface area contributed by atoms with Crippen molar-refractivity contribution >= 4 is 47.0 Å². The summed E-state index contributed by atoms with van der Waals surface area (Å²) in [5.74, 6) is 4.52. The van der Waals surface area contributed by atoms with Crippen LogP contribution in [0.4, 0.5) is 0 Å². The van der Waals surface area contributed by atoms with Crippen molar-refractivity contribution in [3.05, 3.63) is 0 Å². The largest absolute Gasteiger partial charge is 0.396 e. The monoisotopic (exact) mass is 1090 g/mol. The number of halogens is 1. The molecule has 0 atom stereocenters. The molecule has 3 aliphatic rings. The van der Waals surface area contributed by atoms with Crippen molar-refractivity contribution in [2.75, 3.05) is 176 Å². The molecule has 0 bridgehead atoms. The van der Waals surface area contributed by atoms with Crippen molar-refractivity contribution in [1.82, 2.24) is 61.0 Å². The molecule has 75 heavy (non-hydrogen) atoms. The maximum Gasteiger partial charge on any atom is 0.263 e. The summed E-state index contributed by atoms with van der Waals surface area (Å²) in [6, 6.07) is 0. The Balaban J connectivity index is -0.000000478. The van der Waals surface area contributed by atoms with Crippen LogP contribution in [-0.2, 0) is 38.4 Å². The third kappa shape index (κ3) is 37.7. The normalized spacial score (nSPS) is 15.4. The lowest BCUT2D eigenvalue weighted by Gasteiger charge is -2.35. The van der Waals surface area contributed by atoms with Gasteiger partial charge in [0.25, 0.3) is 17.7 Å². The molecule has 0 saturated carbocycles. The number of alkyl halides is 1. The van der Waals surface area contributed by atoms with Gasteiger partial charge in [0.1, 0.15) is 25.5 Å². The Morgan fingerprint density at radius 2 is 0.893 bits per heavy atom. The zero-order valence-electron chi connectivity index (χ0n) is 44.7. The van der Waals surface area contributed by atoms with Crippen LogP contribution in [0.5, 0.6) is 0 Å². The number of carbonyl (C=O) groups is 6. The van der Waals surface area contributed by atoms with E-state index < -0.39 is 34.8 Å². The maximum atomic E-state index is 12.5.